The van der Waals surface area contributed by atoms with Gasteiger partial charge in [-0.25, -0.2) is 9.37 Å². The SMILES string of the molecule is O=C(c1nc2c(C(F)(F)F)cc(-c3ccoc3)cn2c1Cl)N1CC=C(c2cncc(F)c2)CC1. The van der Waals surface area contributed by atoms with Crippen LogP contribution in [0.15, 0.2) is 59.8 Å². The minimum absolute atomic E-state index is 0.168. The van der Waals surface area contributed by atoms with Crippen LogP contribution in [0.25, 0.3) is 22.3 Å². The summed E-state index contributed by atoms with van der Waals surface area (Å²) in [6.45, 7) is 0.430. The third-order valence-corrected chi connectivity index (χ3v) is 5.96. The molecule has 1 aliphatic rings. The number of amides is 1. The van der Waals surface area contributed by atoms with Gasteiger partial charge in [0.15, 0.2) is 11.3 Å². The highest BCUT2D eigenvalue weighted by Gasteiger charge is 2.36. The number of aromatic nitrogens is 3. The van der Waals surface area contributed by atoms with E-state index in [0.29, 0.717) is 17.5 Å². The van der Waals surface area contributed by atoms with Crippen LogP contribution in [0.2, 0.25) is 5.15 Å². The van der Waals surface area contributed by atoms with Crippen LogP contribution >= 0.6 is 11.6 Å². The lowest BCUT2D eigenvalue weighted by atomic mass is 10.0. The number of hydrogen-bond acceptors (Lipinski definition) is 4. The first-order chi connectivity index (χ1) is 16.2. The molecular formula is C23H15ClF4N4O2. The van der Waals surface area contributed by atoms with Crippen molar-refractivity contribution in [1.82, 2.24) is 19.3 Å². The maximum Gasteiger partial charge on any atom is 0.420 e. The van der Waals surface area contributed by atoms with Crippen molar-refractivity contribution in [1.29, 1.82) is 0 Å². The lowest BCUT2D eigenvalue weighted by molar-refractivity contribution is -0.136. The highest BCUT2D eigenvalue weighted by Crippen LogP contribution is 2.37. The summed E-state index contributed by atoms with van der Waals surface area (Å²) in [5, 5.41) is -0.222. The fourth-order valence-corrected chi connectivity index (χ4v) is 4.15. The lowest BCUT2D eigenvalue weighted by Crippen LogP contribution is -2.35. The van der Waals surface area contributed by atoms with Crippen LogP contribution in [0.5, 0.6) is 0 Å². The Morgan fingerprint density at radius 2 is 1.97 bits per heavy atom. The largest absolute Gasteiger partial charge is 0.472 e. The fourth-order valence-electron chi connectivity index (χ4n) is 3.90. The molecule has 0 atom stereocenters. The zero-order chi connectivity index (χ0) is 24.0. The van der Waals surface area contributed by atoms with E-state index in [1.54, 1.807) is 6.08 Å². The van der Waals surface area contributed by atoms with Crippen LogP contribution in [-0.2, 0) is 6.18 Å². The van der Waals surface area contributed by atoms with Gasteiger partial charge in [-0.15, -0.1) is 0 Å². The van der Waals surface area contributed by atoms with Gasteiger partial charge in [0.2, 0.25) is 0 Å². The molecule has 0 spiro atoms. The van der Waals surface area contributed by atoms with E-state index in [4.69, 9.17) is 16.0 Å². The van der Waals surface area contributed by atoms with E-state index in [-0.39, 0.29) is 29.5 Å². The Kier molecular flexibility index (Phi) is 5.40. The number of carbonyl (C=O) groups excluding carboxylic acids is 1. The Labute approximate surface area is 195 Å². The van der Waals surface area contributed by atoms with Crippen molar-refractivity contribution in [2.75, 3.05) is 13.1 Å². The quantitative estimate of drug-likeness (QED) is 0.344. The van der Waals surface area contributed by atoms with Gasteiger partial charge in [-0.1, -0.05) is 17.7 Å². The molecule has 0 fully saturated rings. The Hall–Kier alpha value is -3.66. The van der Waals surface area contributed by atoms with Crippen LogP contribution in [-0.4, -0.2) is 38.3 Å². The van der Waals surface area contributed by atoms with Gasteiger partial charge in [-0.2, -0.15) is 13.2 Å². The average Bonchev–Trinajstić information content (AvgIpc) is 3.46. The zero-order valence-corrected chi connectivity index (χ0v) is 18.1. The van der Waals surface area contributed by atoms with Gasteiger partial charge >= 0.3 is 6.18 Å². The first kappa shape index (κ1) is 22.1. The standard InChI is InChI=1S/C23H15ClF4N4O2/c24-20-19(22(33)31-4-1-13(2-5-31)15-7-17(25)10-29-9-15)30-21-18(23(26,27)28)8-16(11-32(20)21)14-3-6-34-12-14/h1,3,6-12H,2,4-5H2. The van der Waals surface area contributed by atoms with Crippen molar-refractivity contribution in [3.63, 3.8) is 0 Å². The Balaban J connectivity index is 1.51. The Morgan fingerprint density at radius 1 is 1.15 bits per heavy atom. The van der Waals surface area contributed by atoms with Crippen molar-refractivity contribution < 1.29 is 26.8 Å². The van der Waals surface area contributed by atoms with E-state index in [0.717, 1.165) is 22.2 Å². The molecule has 0 aromatic carbocycles. The number of nitrogens with zero attached hydrogens (tertiary/aromatic N) is 4. The van der Waals surface area contributed by atoms with Crippen LogP contribution in [0, 0.1) is 5.82 Å². The second kappa shape index (κ2) is 8.28. The number of halogens is 5. The second-order valence-corrected chi connectivity index (χ2v) is 8.08. The van der Waals surface area contributed by atoms with Crippen molar-refractivity contribution in [3.05, 3.63) is 83.2 Å². The maximum absolute atomic E-state index is 13.8. The highest BCUT2D eigenvalue weighted by atomic mass is 35.5. The topological polar surface area (TPSA) is 63.6 Å². The molecule has 0 N–H and O–H groups in total. The molecule has 34 heavy (non-hydrogen) atoms. The van der Waals surface area contributed by atoms with Gasteiger partial charge in [0.1, 0.15) is 11.0 Å². The summed E-state index contributed by atoms with van der Waals surface area (Å²) >= 11 is 6.37. The second-order valence-electron chi connectivity index (χ2n) is 7.72. The first-order valence-corrected chi connectivity index (χ1v) is 10.5. The molecule has 174 valence electrons. The molecular weight excluding hydrogens is 476 g/mol. The summed E-state index contributed by atoms with van der Waals surface area (Å²) < 4.78 is 60.9. The van der Waals surface area contributed by atoms with Gasteiger partial charge in [-0.05, 0) is 35.8 Å². The maximum atomic E-state index is 13.8. The predicted molar refractivity (Wildman–Crippen MR) is 116 cm³/mol. The van der Waals surface area contributed by atoms with E-state index in [1.807, 2.05) is 0 Å². The molecule has 5 rings (SSSR count). The van der Waals surface area contributed by atoms with E-state index in [2.05, 4.69) is 9.97 Å². The van der Waals surface area contributed by atoms with Crippen LogP contribution in [0.4, 0.5) is 17.6 Å². The molecule has 0 saturated carbocycles. The predicted octanol–water partition coefficient (Wildman–Crippen LogP) is 5.73. The zero-order valence-electron chi connectivity index (χ0n) is 17.3. The van der Waals surface area contributed by atoms with Crippen molar-refractivity contribution in [2.45, 2.75) is 12.6 Å². The summed E-state index contributed by atoms with van der Waals surface area (Å²) in [6, 6.07) is 3.82. The summed E-state index contributed by atoms with van der Waals surface area (Å²) in [5.74, 6) is -1.07. The number of rotatable bonds is 3. The summed E-state index contributed by atoms with van der Waals surface area (Å²) in [4.78, 5) is 22.4. The number of alkyl halides is 3. The number of pyridine rings is 2. The van der Waals surface area contributed by atoms with E-state index < -0.39 is 29.1 Å². The summed E-state index contributed by atoms with van der Waals surface area (Å²) in [5.41, 5.74) is 0.298. The molecule has 0 unspecified atom stereocenters. The number of imidazole rings is 1. The normalized spacial score (nSPS) is 14.5. The smallest absolute Gasteiger partial charge is 0.420 e. The molecule has 5 heterocycles. The molecule has 4 aromatic rings. The molecule has 0 aliphatic carbocycles. The van der Waals surface area contributed by atoms with Crippen molar-refractivity contribution in [2.24, 2.45) is 0 Å². The molecule has 4 aromatic heterocycles. The summed E-state index contributed by atoms with van der Waals surface area (Å²) in [7, 11) is 0. The van der Waals surface area contributed by atoms with E-state index in [9.17, 15) is 22.4 Å². The average molecular weight is 491 g/mol. The first-order valence-electron chi connectivity index (χ1n) is 10.1. The minimum atomic E-state index is -4.72. The van der Waals surface area contributed by atoms with E-state index >= 15 is 0 Å². The fraction of sp³-hybridized carbons (Fsp3) is 0.174. The molecule has 1 amide bonds. The van der Waals surface area contributed by atoms with Gasteiger partial charge in [0.25, 0.3) is 5.91 Å². The van der Waals surface area contributed by atoms with Crippen LogP contribution < -0.4 is 0 Å². The Bertz CT molecular complexity index is 1430. The Morgan fingerprint density at radius 3 is 2.62 bits per heavy atom. The van der Waals surface area contributed by atoms with Gasteiger partial charge in [0.05, 0.1) is 24.3 Å². The number of hydrogen-bond donors (Lipinski definition) is 0. The highest BCUT2D eigenvalue weighted by molar-refractivity contribution is 6.33. The summed E-state index contributed by atoms with van der Waals surface area (Å²) in [6.07, 6.45) is 4.10. The van der Waals surface area contributed by atoms with Crippen LogP contribution in [0.3, 0.4) is 0 Å². The molecule has 11 heteroatoms. The third kappa shape index (κ3) is 3.94. The molecule has 0 radical (unpaired) electrons. The number of fused-ring (bicyclic) bond motifs is 1. The molecule has 1 aliphatic heterocycles. The molecule has 6 nitrogen and oxygen atoms in total. The van der Waals surface area contributed by atoms with Crippen LogP contribution in [0.1, 0.15) is 28.0 Å². The molecule has 0 saturated heterocycles. The number of furan rings is 1. The minimum Gasteiger partial charge on any atom is -0.472 e. The van der Waals surface area contributed by atoms with Gasteiger partial charge in [0, 0.05) is 36.6 Å². The van der Waals surface area contributed by atoms with E-state index in [1.165, 1.54) is 42.0 Å². The van der Waals surface area contributed by atoms with Gasteiger partial charge in [-0.3, -0.25) is 14.2 Å². The van der Waals surface area contributed by atoms with Gasteiger partial charge < -0.3 is 9.32 Å². The van der Waals surface area contributed by atoms with Crippen molar-refractivity contribution in [3.8, 4) is 11.1 Å². The lowest BCUT2D eigenvalue weighted by Gasteiger charge is -2.26. The monoisotopic (exact) mass is 490 g/mol. The van der Waals surface area contributed by atoms with Crippen molar-refractivity contribution >= 4 is 28.7 Å². The molecule has 0 bridgehead atoms. The third-order valence-electron chi connectivity index (χ3n) is 5.60. The number of carbonyl (C=O) groups is 1.